The molecule has 0 atom stereocenters. The first-order chi connectivity index (χ1) is 13.7. The van der Waals surface area contributed by atoms with E-state index in [-0.39, 0.29) is 0 Å². The van der Waals surface area contributed by atoms with Gasteiger partial charge in [-0.2, -0.15) is 5.26 Å². The molecule has 1 saturated carbocycles. The fourth-order valence-corrected chi connectivity index (χ4v) is 3.83. The van der Waals surface area contributed by atoms with Crippen molar-refractivity contribution in [3.63, 3.8) is 0 Å². The first kappa shape index (κ1) is 20.4. The fraction of sp³-hybridized carbons (Fsp3) is 0.520. The average molecular weight is 376 g/mol. The van der Waals surface area contributed by atoms with E-state index < -0.39 is 0 Å². The Morgan fingerprint density at radius 2 is 1.89 bits per heavy atom. The summed E-state index contributed by atoms with van der Waals surface area (Å²) in [5.41, 5.74) is 6.56. The van der Waals surface area contributed by atoms with Crippen molar-refractivity contribution in [2.24, 2.45) is 0 Å². The van der Waals surface area contributed by atoms with Crippen LogP contribution in [-0.4, -0.2) is 18.6 Å². The molecule has 1 fully saturated rings. The van der Waals surface area contributed by atoms with Crippen molar-refractivity contribution in [2.75, 3.05) is 18.5 Å². The van der Waals surface area contributed by atoms with E-state index >= 15 is 0 Å². The molecule has 0 saturated heterocycles. The molecule has 0 amide bonds. The molecular weight excluding hydrogens is 342 g/mol. The molecule has 0 spiro atoms. The van der Waals surface area contributed by atoms with Crippen molar-refractivity contribution in [3.05, 3.63) is 47.3 Å². The number of unbranched alkanes of at least 4 members (excludes halogenated alkanes) is 3. The van der Waals surface area contributed by atoms with Crippen LogP contribution in [0.25, 0.3) is 11.1 Å². The highest BCUT2D eigenvalue weighted by Gasteiger charge is 2.25. The normalized spacial score (nSPS) is 15.3. The molecule has 2 aromatic rings. The maximum Gasteiger partial charge on any atom is 0.0998 e. The van der Waals surface area contributed by atoms with Gasteiger partial charge in [-0.25, -0.2) is 0 Å². The molecule has 4 rings (SSSR count). The van der Waals surface area contributed by atoms with Crippen molar-refractivity contribution < 1.29 is 0 Å². The second-order valence-corrected chi connectivity index (χ2v) is 8.12. The van der Waals surface area contributed by atoms with Crippen LogP contribution in [0.1, 0.15) is 81.5 Å². The van der Waals surface area contributed by atoms with Crippen molar-refractivity contribution in [2.45, 2.75) is 71.1 Å². The molecule has 1 aliphatic heterocycles. The predicted molar refractivity (Wildman–Crippen MR) is 118 cm³/mol. The third-order valence-corrected chi connectivity index (χ3v) is 5.74. The Hall–Kier alpha value is -2.34. The van der Waals surface area contributed by atoms with Gasteiger partial charge in [0.15, 0.2) is 0 Å². The monoisotopic (exact) mass is 375 g/mol. The maximum atomic E-state index is 9.53. The fourth-order valence-electron chi connectivity index (χ4n) is 3.83. The number of hydrogen-bond donors (Lipinski definition) is 0. The lowest BCUT2D eigenvalue weighted by molar-refractivity contribution is 0.702. The molecule has 3 nitrogen and oxygen atoms in total. The molecule has 2 aliphatic rings. The number of nitriles is 1. The molecule has 0 unspecified atom stereocenters. The number of pyridine rings is 1. The first-order valence-corrected chi connectivity index (χ1v) is 10.9. The van der Waals surface area contributed by atoms with Gasteiger partial charge in [0, 0.05) is 48.2 Å². The Morgan fingerprint density at radius 1 is 1.14 bits per heavy atom. The first-order valence-electron chi connectivity index (χ1n) is 10.9. The van der Waals surface area contributed by atoms with Crippen LogP contribution in [0, 0.1) is 11.3 Å². The van der Waals surface area contributed by atoms with Crippen LogP contribution in [0.2, 0.25) is 0 Å². The number of anilines is 1. The summed E-state index contributed by atoms with van der Waals surface area (Å²) in [7, 11) is 2.10. The van der Waals surface area contributed by atoms with E-state index in [4.69, 9.17) is 0 Å². The minimum absolute atomic E-state index is 0.668. The number of aromatic nitrogens is 1. The SMILES string of the molecule is CCCCCC.CN1CCCc2cc(-c3ccc(C4CC4)nc3)c(C#N)cc21. The Balaban J connectivity index is 0.000000330. The second-order valence-electron chi connectivity index (χ2n) is 8.12. The van der Waals surface area contributed by atoms with Gasteiger partial charge >= 0.3 is 0 Å². The smallest absolute Gasteiger partial charge is 0.0998 e. The van der Waals surface area contributed by atoms with Crippen LogP contribution in [0.3, 0.4) is 0 Å². The Morgan fingerprint density at radius 3 is 2.46 bits per heavy atom. The lowest BCUT2D eigenvalue weighted by Gasteiger charge is -2.28. The van der Waals surface area contributed by atoms with E-state index in [2.05, 4.69) is 55.0 Å². The van der Waals surface area contributed by atoms with Gasteiger partial charge in [-0.1, -0.05) is 45.6 Å². The largest absolute Gasteiger partial charge is 0.374 e. The molecule has 3 heteroatoms. The van der Waals surface area contributed by atoms with Gasteiger partial charge in [-0.3, -0.25) is 4.98 Å². The summed E-state index contributed by atoms with van der Waals surface area (Å²) < 4.78 is 0. The number of fused-ring (bicyclic) bond motifs is 1. The van der Waals surface area contributed by atoms with E-state index in [0.29, 0.717) is 5.92 Å². The van der Waals surface area contributed by atoms with E-state index in [0.717, 1.165) is 29.7 Å². The van der Waals surface area contributed by atoms with Crippen LogP contribution in [-0.2, 0) is 6.42 Å². The highest BCUT2D eigenvalue weighted by Crippen LogP contribution is 2.40. The third kappa shape index (κ3) is 4.93. The van der Waals surface area contributed by atoms with Crippen LogP contribution in [0.15, 0.2) is 30.5 Å². The number of rotatable bonds is 5. The Bertz CT molecular complexity index is 809. The number of benzene rings is 1. The molecule has 1 aliphatic carbocycles. The lowest BCUT2D eigenvalue weighted by Crippen LogP contribution is -2.24. The number of nitrogens with zero attached hydrogens (tertiary/aromatic N) is 3. The summed E-state index contributed by atoms with van der Waals surface area (Å²) in [6.45, 7) is 5.53. The summed E-state index contributed by atoms with van der Waals surface area (Å²) in [6.07, 6.45) is 12.3. The summed E-state index contributed by atoms with van der Waals surface area (Å²) in [6, 6.07) is 10.8. The highest BCUT2D eigenvalue weighted by atomic mass is 15.1. The van der Waals surface area contributed by atoms with Crippen molar-refractivity contribution in [1.29, 1.82) is 5.26 Å². The van der Waals surface area contributed by atoms with Gasteiger partial charge in [-0.05, 0) is 49.4 Å². The molecular formula is C25H33N3. The molecule has 28 heavy (non-hydrogen) atoms. The average Bonchev–Trinajstić information content (AvgIpc) is 3.58. The zero-order chi connectivity index (χ0) is 19.9. The van der Waals surface area contributed by atoms with Crippen LogP contribution in [0.4, 0.5) is 5.69 Å². The Labute approximate surface area is 170 Å². The van der Waals surface area contributed by atoms with Gasteiger partial charge in [0.25, 0.3) is 0 Å². The maximum absolute atomic E-state index is 9.53. The molecule has 2 heterocycles. The zero-order valence-electron chi connectivity index (χ0n) is 17.7. The summed E-state index contributed by atoms with van der Waals surface area (Å²) >= 11 is 0. The van der Waals surface area contributed by atoms with Crippen molar-refractivity contribution in [3.8, 4) is 17.2 Å². The minimum atomic E-state index is 0.668. The molecule has 1 aromatic heterocycles. The molecule has 0 N–H and O–H groups in total. The third-order valence-electron chi connectivity index (χ3n) is 5.74. The van der Waals surface area contributed by atoms with Gasteiger partial charge in [0.2, 0.25) is 0 Å². The number of hydrogen-bond acceptors (Lipinski definition) is 3. The van der Waals surface area contributed by atoms with Gasteiger partial charge in [0.1, 0.15) is 0 Å². The van der Waals surface area contributed by atoms with Crippen LogP contribution < -0.4 is 4.90 Å². The predicted octanol–water partition coefficient (Wildman–Crippen LogP) is 6.47. The van der Waals surface area contributed by atoms with Gasteiger partial charge in [-0.15, -0.1) is 0 Å². The lowest BCUT2D eigenvalue weighted by atomic mass is 9.93. The van der Waals surface area contributed by atoms with E-state index in [1.54, 1.807) is 0 Å². The quantitative estimate of drug-likeness (QED) is 0.562. The summed E-state index contributed by atoms with van der Waals surface area (Å²) in [4.78, 5) is 6.85. The van der Waals surface area contributed by atoms with Crippen molar-refractivity contribution in [1.82, 2.24) is 4.98 Å². The van der Waals surface area contributed by atoms with Gasteiger partial charge < -0.3 is 4.90 Å². The Kier molecular flexibility index (Phi) is 7.09. The molecule has 1 aromatic carbocycles. The second kappa shape index (κ2) is 9.73. The summed E-state index contributed by atoms with van der Waals surface area (Å²) in [5.74, 6) is 0.668. The number of aryl methyl sites for hydroxylation is 1. The van der Waals surface area contributed by atoms with E-state index in [1.807, 2.05) is 12.3 Å². The van der Waals surface area contributed by atoms with Crippen molar-refractivity contribution >= 4 is 5.69 Å². The minimum Gasteiger partial charge on any atom is -0.374 e. The van der Waals surface area contributed by atoms with E-state index in [9.17, 15) is 5.26 Å². The molecule has 0 radical (unpaired) electrons. The highest BCUT2D eigenvalue weighted by molar-refractivity contribution is 5.75. The van der Waals surface area contributed by atoms with Crippen LogP contribution in [0.5, 0.6) is 0 Å². The molecule has 0 bridgehead atoms. The topological polar surface area (TPSA) is 39.9 Å². The van der Waals surface area contributed by atoms with Crippen LogP contribution >= 0.6 is 0 Å². The summed E-state index contributed by atoms with van der Waals surface area (Å²) in [5, 5.41) is 9.53. The standard InChI is InChI=1S/C19H19N3.C6H14/c1-22-8-2-3-14-9-17(16(11-20)10-19(14)22)15-6-7-18(21-12-15)13-4-5-13;1-3-5-6-4-2/h6-7,9-10,12-13H,2-5,8H2,1H3;3-6H2,1-2H3. The van der Waals surface area contributed by atoms with E-state index in [1.165, 1.54) is 61.9 Å². The van der Waals surface area contributed by atoms with Gasteiger partial charge in [0.05, 0.1) is 11.6 Å². The zero-order valence-corrected chi connectivity index (χ0v) is 17.7. The molecule has 148 valence electrons.